The summed E-state index contributed by atoms with van der Waals surface area (Å²) < 4.78 is 0. The van der Waals surface area contributed by atoms with E-state index in [0.29, 0.717) is 13.1 Å². The number of nitrogens with zero attached hydrogens (tertiary/aromatic N) is 1. The normalized spacial score (nSPS) is 14.2. The molecule has 0 bridgehead atoms. The fraction of sp³-hybridized carbons (Fsp3) is 0.235. The van der Waals surface area contributed by atoms with Crippen LogP contribution in [0.3, 0.4) is 0 Å². The molecule has 3 nitrogen and oxygen atoms in total. The Hall–Kier alpha value is -2.13. The highest BCUT2D eigenvalue weighted by Crippen LogP contribution is 2.20. The van der Waals surface area contributed by atoms with E-state index in [-0.39, 0.29) is 5.91 Å². The van der Waals surface area contributed by atoms with Crippen LogP contribution in [0.1, 0.15) is 27.0 Å². The van der Waals surface area contributed by atoms with Crippen molar-refractivity contribution in [2.24, 2.45) is 5.73 Å². The molecule has 1 aliphatic rings. The van der Waals surface area contributed by atoms with Gasteiger partial charge in [0.25, 0.3) is 5.91 Å². The van der Waals surface area contributed by atoms with E-state index in [9.17, 15) is 4.79 Å². The van der Waals surface area contributed by atoms with Crippen molar-refractivity contribution >= 4 is 5.91 Å². The lowest BCUT2D eigenvalue weighted by Crippen LogP contribution is -2.36. The Bertz CT molecular complexity index is 619. The quantitative estimate of drug-likeness (QED) is 0.927. The predicted octanol–water partition coefficient (Wildman–Crippen LogP) is 2.34. The van der Waals surface area contributed by atoms with Gasteiger partial charge in [-0.1, -0.05) is 42.5 Å². The number of hydrogen-bond donors (Lipinski definition) is 1. The van der Waals surface area contributed by atoms with Gasteiger partial charge in [0.2, 0.25) is 0 Å². The first-order valence-corrected chi connectivity index (χ1v) is 6.93. The molecule has 0 saturated heterocycles. The first-order valence-electron chi connectivity index (χ1n) is 6.93. The lowest BCUT2D eigenvalue weighted by atomic mass is 9.98. The van der Waals surface area contributed by atoms with Gasteiger partial charge in [-0.25, -0.2) is 0 Å². The van der Waals surface area contributed by atoms with Crippen LogP contribution in [-0.4, -0.2) is 17.4 Å². The van der Waals surface area contributed by atoms with E-state index < -0.39 is 0 Å². The first kappa shape index (κ1) is 12.9. The molecule has 0 aliphatic carbocycles. The highest BCUT2D eigenvalue weighted by atomic mass is 16.2. The molecule has 2 N–H and O–H groups in total. The van der Waals surface area contributed by atoms with Gasteiger partial charge < -0.3 is 10.6 Å². The summed E-state index contributed by atoms with van der Waals surface area (Å²) in [6.07, 6.45) is 0.933. The van der Waals surface area contributed by atoms with Gasteiger partial charge in [0.05, 0.1) is 0 Å². The van der Waals surface area contributed by atoms with E-state index in [4.69, 9.17) is 5.73 Å². The summed E-state index contributed by atoms with van der Waals surface area (Å²) in [6.45, 7) is 2.00. The largest absolute Gasteiger partial charge is 0.334 e. The molecule has 0 saturated carbocycles. The van der Waals surface area contributed by atoms with Crippen molar-refractivity contribution in [2.45, 2.75) is 19.5 Å². The monoisotopic (exact) mass is 266 g/mol. The third kappa shape index (κ3) is 2.45. The second-order valence-corrected chi connectivity index (χ2v) is 5.15. The number of carbonyl (C=O) groups is 1. The van der Waals surface area contributed by atoms with Crippen molar-refractivity contribution in [3.8, 4) is 0 Å². The molecule has 0 spiro atoms. The molecule has 0 aromatic heterocycles. The number of carbonyl (C=O) groups excluding carboxylic acids is 1. The maximum Gasteiger partial charge on any atom is 0.254 e. The van der Waals surface area contributed by atoms with E-state index in [2.05, 4.69) is 12.1 Å². The van der Waals surface area contributed by atoms with Gasteiger partial charge in [0.15, 0.2) is 0 Å². The fourth-order valence-corrected chi connectivity index (χ4v) is 2.63. The SMILES string of the molecule is NCc1ccc(CN2CCc3ccccc3C2=O)cc1. The maximum absolute atomic E-state index is 12.5. The average molecular weight is 266 g/mol. The van der Waals surface area contributed by atoms with Crippen molar-refractivity contribution in [1.82, 2.24) is 4.90 Å². The summed E-state index contributed by atoms with van der Waals surface area (Å²) in [4.78, 5) is 14.4. The molecule has 2 aromatic carbocycles. The lowest BCUT2D eigenvalue weighted by molar-refractivity contribution is 0.0727. The van der Waals surface area contributed by atoms with Crippen molar-refractivity contribution in [1.29, 1.82) is 0 Å². The van der Waals surface area contributed by atoms with Gasteiger partial charge in [-0.05, 0) is 29.2 Å². The molecule has 1 amide bonds. The van der Waals surface area contributed by atoms with Crippen LogP contribution in [0, 0.1) is 0 Å². The lowest BCUT2D eigenvalue weighted by Gasteiger charge is -2.28. The third-order valence-electron chi connectivity index (χ3n) is 3.82. The minimum Gasteiger partial charge on any atom is -0.334 e. The maximum atomic E-state index is 12.5. The summed E-state index contributed by atoms with van der Waals surface area (Å²) >= 11 is 0. The summed E-state index contributed by atoms with van der Waals surface area (Å²) in [6, 6.07) is 16.0. The molecule has 2 aromatic rings. The second kappa shape index (κ2) is 5.47. The summed E-state index contributed by atoms with van der Waals surface area (Å²) in [5.74, 6) is 0.134. The fourth-order valence-electron chi connectivity index (χ4n) is 2.63. The number of fused-ring (bicyclic) bond motifs is 1. The number of nitrogens with two attached hydrogens (primary N) is 1. The first-order chi connectivity index (χ1) is 9.78. The Morgan fingerprint density at radius 1 is 1.00 bits per heavy atom. The summed E-state index contributed by atoms with van der Waals surface area (Å²) in [5.41, 5.74) is 9.86. The van der Waals surface area contributed by atoms with E-state index in [0.717, 1.165) is 35.2 Å². The highest BCUT2D eigenvalue weighted by Gasteiger charge is 2.23. The number of benzene rings is 2. The topological polar surface area (TPSA) is 46.3 Å². The molecule has 0 unspecified atom stereocenters. The van der Waals surface area contributed by atoms with E-state index in [1.54, 1.807) is 0 Å². The van der Waals surface area contributed by atoms with Gasteiger partial charge in [-0.3, -0.25) is 4.79 Å². The summed E-state index contributed by atoms with van der Waals surface area (Å²) in [7, 11) is 0. The van der Waals surface area contributed by atoms with E-state index in [1.165, 1.54) is 0 Å². The molecule has 0 radical (unpaired) electrons. The zero-order valence-electron chi connectivity index (χ0n) is 11.4. The van der Waals surface area contributed by atoms with E-state index >= 15 is 0 Å². The Labute approximate surface area is 119 Å². The van der Waals surface area contributed by atoms with E-state index in [1.807, 2.05) is 41.3 Å². The van der Waals surface area contributed by atoms with Crippen LogP contribution in [0.25, 0.3) is 0 Å². The van der Waals surface area contributed by atoms with Crippen LogP contribution < -0.4 is 5.73 Å². The van der Waals surface area contributed by atoms with Crippen LogP contribution in [0.5, 0.6) is 0 Å². The zero-order chi connectivity index (χ0) is 13.9. The molecular formula is C17H18N2O. The third-order valence-corrected chi connectivity index (χ3v) is 3.82. The minimum atomic E-state index is 0.134. The molecule has 1 heterocycles. The number of amides is 1. The Morgan fingerprint density at radius 2 is 1.70 bits per heavy atom. The van der Waals surface area contributed by atoms with Crippen molar-refractivity contribution in [3.05, 3.63) is 70.8 Å². The molecule has 3 rings (SSSR count). The number of hydrogen-bond acceptors (Lipinski definition) is 2. The van der Waals surface area contributed by atoms with Crippen LogP contribution in [0.4, 0.5) is 0 Å². The van der Waals surface area contributed by atoms with Gasteiger partial charge in [-0.15, -0.1) is 0 Å². The van der Waals surface area contributed by atoms with Gasteiger partial charge in [0, 0.05) is 25.2 Å². The Balaban J connectivity index is 1.77. The predicted molar refractivity (Wildman–Crippen MR) is 79.2 cm³/mol. The van der Waals surface area contributed by atoms with Crippen LogP contribution in [0.15, 0.2) is 48.5 Å². The van der Waals surface area contributed by atoms with Crippen molar-refractivity contribution < 1.29 is 4.79 Å². The Morgan fingerprint density at radius 3 is 2.45 bits per heavy atom. The van der Waals surface area contributed by atoms with Crippen LogP contribution in [-0.2, 0) is 19.5 Å². The van der Waals surface area contributed by atoms with Gasteiger partial charge in [-0.2, -0.15) is 0 Å². The molecule has 102 valence electrons. The zero-order valence-corrected chi connectivity index (χ0v) is 11.4. The van der Waals surface area contributed by atoms with Gasteiger partial charge >= 0.3 is 0 Å². The second-order valence-electron chi connectivity index (χ2n) is 5.15. The minimum absolute atomic E-state index is 0.134. The molecule has 0 fully saturated rings. The smallest absolute Gasteiger partial charge is 0.254 e. The molecular weight excluding hydrogens is 248 g/mol. The van der Waals surface area contributed by atoms with Crippen molar-refractivity contribution in [2.75, 3.05) is 6.54 Å². The van der Waals surface area contributed by atoms with Crippen LogP contribution in [0.2, 0.25) is 0 Å². The van der Waals surface area contributed by atoms with Crippen LogP contribution >= 0.6 is 0 Å². The number of rotatable bonds is 3. The molecule has 20 heavy (non-hydrogen) atoms. The molecule has 3 heteroatoms. The molecule has 0 atom stereocenters. The highest BCUT2D eigenvalue weighted by molar-refractivity contribution is 5.96. The molecule has 1 aliphatic heterocycles. The standard InChI is InChI=1S/C17H18N2O/c18-11-13-5-7-14(8-6-13)12-19-10-9-15-3-1-2-4-16(15)17(19)20/h1-8H,9-12,18H2. The Kier molecular flexibility index (Phi) is 3.52. The average Bonchev–Trinajstić information content (AvgIpc) is 2.51. The van der Waals surface area contributed by atoms with Gasteiger partial charge in [0.1, 0.15) is 0 Å². The summed E-state index contributed by atoms with van der Waals surface area (Å²) in [5, 5.41) is 0. The van der Waals surface area contributed by atoms with Crippen molar-refractivity contribution in [3.63, 3.8) is 0 Å².